The Morgan fingerprint density at radius 2 is 1.93 bits per heavy atom. The predicted molar refractivity (Wildman–Crippen MR) is 58.8 cm³/mol. The topological polar surface area (TPSA) is 16.6 Å². The summed E-state index contributed by atoms with van der Waals surface area (Å²) in [5.74, 6) is 0. The van der Waals surface area contributed by atoms with E-state index in [4.69, 9.17) is 0 Å². The first-order chi connectivity index (χ1) is 6.95. The van der Waals surface area contributed by atoms with Gasteiger partial charge in [0.1, 0.15) is 6.54 Å². The molecule has 0 heterocycles. The summed E-state index contributed by atoms with van der Waals surface area (Å²) in [7, 11) is 0. The maximum Gasteiger partial charge on any atom is 0.101 e. The summed E-state index contributed by atoms with van der Waals surface area (Å²) in [6, 6.07) is 10.6. The van der Waals surface area contributed by atoms with Crippen molar-refractivity contribution in [3.63, 3.8) is 0 Å². The van der Waals surface area contributed by atoms with E-state index in [-0.39, 0.29) is 0 Å². The predicted octanol–water partition coefficient (Wildman–Crippen LogP) is 1.64. The fourth-order valence-electron chi connectivity index (χ4n) is 1.68. The van der Waals surface area contributed by atoms with Crippen LogP contribution < -0.4 is 5.32 Å². The number of nitrogens with two attached hydrogens (primary N) is 1. The standard InChI is InChI=1S/C13H15N/c1-2-6-12(7-3-1)10-14-11-13-8-4-5-9-13/h1-8,14H,9-11H2/p+1. The molecule has 0 radical (unpaired) electrons. The van der Waals surface area contributed by atoms with Crippen molar-refractivity contribution < 1.29 is 5.32 Å². The van der Waals surface area contributed by atoms with Crippen molar-refractivity contribution in [1.29, 1.82) is 0 Å². The molecule has 0 aromatic heterocycles. The second-order valence-corrected chi connectivity index (χ2v) is 3.64. The Labute approximate surface area is 85.2 Å². The summed E-state index contributed by atoms with van der Waals surface area (Å²) in [5, 5.41) is 2.36. The number of hydrogen-bond donors (Lipinski definition) is 1. The second-order valence-electron chi connectivity index (χ2n) is 3.64. The fraction of sp³-hybridized carbons (Fsp3) is 0.231. The van der Waals surface area contributed by atoms with Crippen LogP contribution in [0.25, 0.3) is 0 Å². The number of rotatable bonds is 4. The minimum Gasteiger partial charge on any atom is -0.339 e. The molecule has 0 saturated heterocycles. The van der Waals surface area contributed by atoms with E-state index in [1.807, 2.05) is 0 Å². The summed E-state index contributed by atoms with van der Waals surface area (Å²) in [4.78, 5) is 0. The van der Waals surface area contributed by atoms with Gasteiger partial charge >= 0.3 is 0 Å². The van der Waals surface area contributed by atoms with Crippen LogP contribution in [0.4, 0.5) is 0 Å². The van der Waals surface area contributed by atoms with Crippen LogP contribution in [-0.2, 0) is 6.54 Å². The Kier molecular flexibility index (Phi) is 3.15. The van der Waals surface area contributed by atoms with Crippen molar-refractivity contribution in [3.05, 3.63) is 59.7 Å². The van der Waals surface area contributed by atoms with Gasteiger partial charge in [-0.1, -0.05) is 48.6 Å². The molecule has 2 rings (SSSR count). The maximum atomic E-state index is 2.36. The van der Waals surface area contributed by atoms with Gasteiger partial charge in [0.05, 0.1) is 6.54 Å². The van der Waals surface area contributed by atoms with Gasteiger partial charge < -0.3 is 5.32 Å². The van der Waals surface area contributed by atoms with Gasteiger partial charge in [-0.15, -0.1) is 0 Å². The molecule has 1 heteroatoms. The molecule has 0 atom stereocenters. The average molecular weight is 186 g/mol. The molecule has 0 aliphatic heterocycles. The van der Waals surface area contributed by atoms with Crippen LogP contribution >= 0.6 is 0 Å². The zero-order chi connectivity index (χ0) is 9.64. The first kappa shape index (κ1) is 9.22. The molecular formula is C13H16N+. The van der Waals surface area contributed by atoms with Crippen molar-refractivity contribution in [3.8, 4) is 0 Å². The normalized spacial score (nSPS) is 14.4. The van der Waals surface area contributed by atoms with Crippen LogP contribution in [-0.4, -0.2) is 6.54 Å². The summed E-state index contributed by atoms with van der Waals surface area (Å²) < 4.78 is 0. The Bertz CT molecular complexity index is 336. The third kappa shape index (κ3) is 2.57. The summed E-state index contributed by atoms with van der Waals surface area (Å²) in [6.45, 7) is 2.21. The third-order valence-electron chi connectivity index (χ3n) is 2.48. The Morgan fingerprint density at radius 3 is 2.64 bits per heavy atom. The molecule has 1 aromatic carbocycles. The van der Waals surface area contributed by atoms with Crippen LogP contribution in [0.1, 0.15) is 12.0 Å². The highest BCUT2D eigenvalue weighted by atomic mass is 14.8. The fourth-order valence-corrected chi connectivity index (χ4v) is 1.68. The number of hydrogen-bond acceptors (Lipinski definition) is 0. The Hall–Kier alpha value is -1.34. The van der Waals surface area contributed by atoms with E-state index in [0.29, 0.717) is 0 Å². The van der Waals surface area contributed by atoms with E-state index in [1.165, 1.54) is 11.1 Å². The summed E-state index contributed by atoms with van der Waals surface area (Å²) in [5.41, 5.74) is 2.93. The van der Waals surface area contributed by atoms with Gasteiger partial charge in [-0.3, -0.25) is 0 Å². The first-order valence-electron chi connectivity index (χ1n) is 5.15. The lowest BCUT2D eigenvalue weighted by Gasteiger charge is -2.02. The molecule has 1 aromatic rings. The van der Waals surface area contributed by atoms with Gasteiger partial charge in [0, 0.05) is 5.56 Å². The monoisotopic (exact) mass is 186 g/mol. The highest BCUT2D eigenvalue weighted by molar-refractivity contribution is 5.22. The van der Waals surface area contributed by atoms with Gasteiger partial charge in [-0.05, 0) is 12.0 Å². The molecule has 1 aliphatic rings. The summed E-state index contributed by atoms with van der Waals surface area (Å²) in [6.07, 6.45) is 7.73. The molecule has 1 nitrogen and oxygen atoms in total. The molecule has 1 aliphatic carbocycles. The minimum absolute atomic E-state index is 1.08. The van der Waals surface area contributed by atoms with Crippen molar-refractivity contribution in [2.45, 2.75) is 13.0 Å². The highest BCUT2D eigenvalue weighted by Gasteiger charge is 2.01. The van der Waals surface area contributed by atoms with Gasteiger partial charge in [0.15, 0.2) is 0 Å². The molecule has 2 N–H and O–H groups in total. The van der Waals surface area contributed by atoms with E-state index in [2.05, 4.69) is 53.9 Å². The molecule has 0 amide bonds. The number of quaternary nitrogens is 1. The van der Waals surface area contributed by atoms with E-state index < -0.39 is 0 Å². The van der Waals surface area contributed by atoms with Gasteiger partial charge in [0.25, 0.3) is 0 Å². The van der Waals surface area contributed by atoms with Gasteiger partial charge in [0.2, 0.25) is 0 Å². The van der Waals surface area contributed by atoms with E-state index in [1.54, 1.807) is 0 Å². The zero-order valence-electron chi connectivity index (χ0n) is 8.32. The molecule has 0 spiro atoms. The van der Waals surface area contributed by atoms with E-state index >= 15 is 0 Å². The van der Waals surface area contributed by atoms with E-state index in [0.717, 1.165) is 19.5 Å². The van der Waals surface area contributed by atoms with Crippen molar-refractivity contribution >= 4 is 0 Å². The highest BCUT2D eigenvalue weighted by Crippen LogP contribution is 2.06. The molecular weight excluding hydrogens is 170 g/mol. The maximum absolute atomic E-state index is 2.36. The minimum atomic E-state index is 1.08. The van der Waals surface area contributed by atoms with Crippen LogP contribution in [0.2, 0.25) is 0 Å². The number of benzene rings is 1. The van der Waals surface area contributed by atoms with Crippen LogP contribution in [0.3, 0.4) is 0 Å². The quantitative estimate of drug-likeness (QED) is 0.736. The summed E-state index contributed by atoms with van der Waals surface area (Å²) >= 11 is 0. The first-order valence-corrected chi connectivity index (χ1v) is 5.15. The van der Waals surface area contributed by atoms with Gasteiger partial charge in [-0.25, -0.2) is 0 Å². The molecule has 14 heavy (non-hydrogen) atoms. The van der Waals surface area contributed by atoms with Crippen molar-refractivity contribution in [2.75, 3.05) is 6.54 Å². The zero-order valence-corrected chi connectivity index (χ0v) is 8.32. The second kappa shape index (κ2) is 4.77. The Morgan fingerprint density at radius 1 is 1.07 bits per heavy atom. The molecule has 0 bridgehead atoms. The van der Waals surface area contributed by atoms with Crippen LogP contribution in [0.5, 0.6) is 0 Å². The third-order valence-corrected chi connectivity index (χ3v) is 2.48. The molecule has 0 saturated carbocycles. The molecule has 0 fully saturated rings. The van der Waals surface area contributed by atoms with Crippen LogP contribution in [0.15, 0.2) is 54.1 Å². The van der Waals surface area contributed by atoms with Gasteiger partial charge in [-0.2, -0.15) is 0 Å². The molecule has 72 valence electrons. The van der Waals surface area contributed by atoms with E-state index in [9.17, 15) is 0 Å². The largest absolute Gasteiger partial charge is 0.339 e. The SMILES string of the molecule is C1=CCC(C[NH2+]Cc2ccccc2)=C1. The lowest BCUT2D eigenvalue weighted by Crippen LogP contribution is -2.82. The average Bonchev–Trinajstić information content (AvgIpc) is 2.72. The number of allylic oxidation sites excluding steroid dienone is 3. The lowest BCUT2D eigenvalue weighted by atomic mass is 10.2. The lowest BCUT2D eigenvalue weighted by molar-refractivity contribution is -0.663. The van der Waals surface area contributed by atoms with Crippen molar-refractivity contribution in [1.82, 2.24) is 0 Å². The van der Waals surface area contributed by atoms with Crippen LogP contribution in [0, 0.1) is 0 Å². The molecule has 0 unspecified atom stereocenters. The smallest absolute Gasteiger partial charge is 0.101 e. The van der Waals surface area contributed by atoms with Crippen molar-refractivity contribution in [2.24, 2.45) is 0 Å². The Balaban J connectivity index is 1.73.